The Labute approximate surface area is 164 Å². The van der Waals surface area contributed by atoms with Gasteiger partial charge in [0.05, 0.1) is 11.1 Å². The van der Waals surface area contributed by atoms with Crippen molar-refractivity contribution in [1.29, 1.82) is 0 Å². The number of aromatic nitrogens is 1. The Morgan fingerprint density at radius 1 is 1.11 bits per heavy atom. The predicted octanol–water partition coefficient (Wildman–Crippen LogP) is 3.90. The third-order valence-electron chi connectivity index (χ3n) is 5.94. The van der Waals surface area contributed by atoms with Crippen LogP contribution in [0.3, 0.4) is 0 Å². The van der Waals surface area contributed by atoms with Gasteiger partial charge in [0.25, 0.3) is 0 Å². The highest BCUT2D eigenvalue weighted by atomic mass is 16.5. The van der Waals surface area contributed by atoms with E-state index in [1.54, 1.807) is 6.26 Å². The van der Waals surface area contributed by atoms with Crippen LogP contribution in [0.2, 0.25) is 0 Å². The smallest absolute Gasteiger partial charge is 0.235 e. The van der Waals surface area contributed by atoms with Gasteiger partial charge >= 0.3 is 0 Å². The lowest BCUT2D eigenvalue weighted by atomic mass is 9.94. The standard InChI is InChI=1S/C23H23N3O2/c27-22(23(10-11-23)19-4-2-1-3-5-19)24-20-7-6-17-8-12-26(15-18(17)14-20)16-21-9-13-28-25-21/h1-7,9,13-14H,8,10-12,15-16H2,(H,24,27). The SMILES string of the molecule is O=C(Nc1ccc2c(c1)CN(Cc1ccon1)CC2)C1(c2ccccc2)CC1. The molecule has 1 saturated carbocycles. The van der Waals surface area contributed by atoms with Crippen molar-refractivity contribution in [2.24, 2.45) is 0 Å². The molecule has 1 aromatic heterocycles. The average Bonchev–Trinajstić information content (AvgIpc) is 3.39. The second-order valence-corrected chi connectivity index (χ2v) is 7.84. The summed E-state index contributed by atoms with van der Waals surface area (Å²) in [7, 11) is 0. The fraction of sp³-hybridized carbons (Fsp3) is 0.304. The number of benzene rings is 2. The highest BCUT2D eigenvalue weighted by Gasteiger charge is 2.51. The molecule has 0 atom stereocenters. The monoisotopic (exact) mass is 373 g/mol. The van der Waals surface area contributed by atoms with Crippen LogP contribution in [0.4, 0.5) is 5.69 Å². The van der Waals surface area contributed by atoms with Gasteiger partial charge in [-0.1, -0.05) is 41.6 Å². The molecular weight excluding hydrogens is 350 g/mol. The second kappa shape index (κ2) is 6.91. The molecular formula is C23H23N3O2. The van der Waals surface area contributed by atoms with E-state index in [0.717, 1.165) is 55.8 Å². The number of hydrogen-bond donors (Lipinski definition) is 1. The highest BCUT2D eigenvalue weighted by molar-refractivity contribution is 6.01. The van der Waals surface area contributed by atoms with E-state index in [1.165, 1.54) is 11.1 Å². The molecule has 3 aromatic rings. The summed E-state index contributed by atoms with van der Waals surface area (Å²) in [5, 5.41) is 7.18. The molecule has 2 heterocycles. The van der Waals surface area contributed by atoms with Gasteiger partial charge in [0, 0.05) is 31.4 Å². The first kappa shape index (κ1) is 17.2. The molecule has 0 unspecified atom stereocenters. The molecule has 5 heteroatoms. The van der Waals surface area contributed by atoms with E-state index in [9.17, 15) is 4.79 Å². The van der Waals surface area contributed by atoms with E-state index in [0.29, 0.717) is 0 Å². The maximum atomic E-state index is 13.0. The number of carbonyl (C=O) groups is 1. The van der Waals surface area contributed by atoms with Crippen molar-refractivity contribution in [1.82, 2.24) is 10.1 Å². The molecule has 5 rings (SSSR count). The van der Waals surface area contributed by atoms with E-state index in [2.05, 4.69) is 39.6 Å². The minimum absolute atomic E-state index is 0.105. The zero-order chi connectivity index (χ0) is 19.0. The number of rotatable bonds is 5. The maximum absolute atomic E-state index is 13.0. The molecule has 1 amide bonds. The molecule has 1 aliphatic carbocycles. The lowest BCUT2D eigenvalue weighted by Crippen LogP contribution is -2.31. The summed E-state index contributed by atoms with van der Waals surface area (Å²) in [6.07, 6.45) is 4.45. The third kappa shape index (κ3) is 3.22. The molecule has 0 bridgehead atoms. The molecule has 0 radical (unpaired) electrons. The van der Waals surface area contributed by atoms with Crippen molar-refractivity contribution >= 4 is 11.6 Å². The summed E-state index contributed by atoms with van der Waals surface area (Å²) in [5.74, 6) is 0.105. The Kier molecular flexibility index (Phi) is 4.24. The fourth-order valence-electron chi connectivity index (χ4n) is 4.16. The Balaban J connectivity index is 1.30. The number of hydrogen-bond acceptors (Lipinski definition) is 4. The van der Waals surface area contributed by atoms with Crippen LogP contribution >= 0.6 is 0 Å². The number of nitrogens with one attached hydrogen (secondary N) is 1. The Hall–Kier alpha value is -2.92. The van der Waals surface area contributed by atoms with Gasteiger partial charge in [0.2, 0.25) is 5.91 Å². The van der Waals surface area contributed by atoms with Gasteiger partial charge < -0.3 is 9.84 Å². The average molecular weight is 373 g/mol. The summed E-state index contributed by atoms with van der Waals surface area (Å²) in [5.41, 5.74) is 5.23. The Morgan fingerprint density at radius 2 is 1.96 bits per heavy atom. The second-order valence-electron chi connectivity index (χ2n) is 7.84. The first-order valence-corrected chi connectivity index (χ1v) is 9.83. The Bertz CT molecular complexity index is 978. The summed E-state index contributed by atoms with van der Waals surface area (Å²) in [6.45, 7) is 2.64. The van der Waals surface area contributed by atoms with Crippen LogP contribution in [0.5, 0.6) is 0 Å². The van der Waals surface area contributed by atoms with Gasteiger partial charge in [-0.2, -0.15) is 0 Å². The minimum Gasteiger partial charge on any atom is -0.364 e. The van der Waals surface area contributed by atoms with Crippen molar-refractivity contribution in [3.63, 3.8) is 0 Å². The molecule has 2 aliphatic rings. The van der Waals surface area contributed by atoms with Crippen molar-refractivity contribution in [2.45, 2.75) is 37.8 Å². The van der Waals surface area contributed by atoms with E-state index in [4.69, 9.17) is 4.52 Å². The molecule has 142 valence electrons. The van der Waals surface area contributed by atoms with Gasteiger partial charge in [0.15, 0.2) is 0 Å². The van der Waals surface area contributed by atoms with Crippen molar-refractivity contribution in [3.8, 4) is 0 Å². The van der Waals surface area contributed by atoms with Crippen LogP contribution in [-0.4, -0.2) is 22.5 Å². The highest BCUT2D eigenvalue weighted by Crippen LogP contribution is 2.49. The lowest BCUT2D eigenvalue weighted by molar-refractivity contribution is -0.118. The van der Waals surface area contributed by atoms with Gasteiger partial charge in [0.1, 0.15) is 6.26 Å². The van der Waals surface area contributed by atoms with Gasteiger partial charge in [-0.15, -0.1) is 0 Å². The molecule has 28 heavy (non-hydrogen) atoms. The van der Waals surface area contributed by atoms with Crippen LogP contribution in [0, 0.1) is 0 Å². The number of anilines is 1. The molecule has 1 fully saturated rings. The van der Waals surface area contributed by atoms with Crippen LogP contribution in [0.25, 0.3) is 0 Å². The van der Waals surface area contributed by atoms with Crippen molar-refractivity contribution in [3.05, 3.63) is 83.2 Å². The predicted molar refractivity (Wildman–Crippen MR) is 107 cm³/mol. The van der Waals surface area contributed by atoms with E-state index in [-0.39, 0.29) is 11.3 Å². The maximum Gasteiger partial charge on any atom is 0.235 e. The van der Waals surface area contributed by atoms with Crippen LogP contribution in [0.15, 0.2) is 65.4 Å². The first-order chi connectivity index (χ1) is 13.7. The van der Waals surface area contributed by atoms with Gasteiger partial charge in [-0.25, -0.2) is 0 Å². The summed E-state index contributed by atoms with van der Waals surface area (Å²) < 4.78 is 4.94. The first-order valence-electron chi connectivity index (χ1n) is 9.83. The van der Waals surface area contributed by atoms with E-state index in [1.807, 2.05) is 30.3 Å². The Morgan fingerprint density at radius 3 is 2.71 bits per heavy atom. The summed E-state index contributed by atoms with van der Waals surface area (Å²) in [4.78, 5) is 15.4. The number of fused-ring (bicyclic) bond motifs is 1. The van der Waals surface area contributed by atoms with Crippen molar-refractivity contribution < 1.29 is 9.32 Å². The van der Waals surface area contributed by atoms with Crippen molar-refractivity contribution in [2.75, 3.05) is 11.9 Å². The van der Waals surface area contributed by atoms with Gasteiger partial charge in [-0.3, -0.25) is 9.69 Å². The topological polar surface area (TPSA) is 58.4 Å². The molecule has 0 saturated heterocycles. The molecule has 1 N–H and O–H groups in total. The number of carbonyl (C=O) groups excluding carboxylic acids is 1. The molecule has 1 aliphatic heterocycles. The lowest BCUT2D eigenvalue weighted by Gasteiger charge is -2.28. The quantitative estimate of drug-likeness (QED) is 0.737. The summed E-state index contributed by atoms with van der Waals surface area (Å²) in [6, 6.07) is 18.3. The van der Waals surface area contributed by atoms with Crippen LogP contribution < -0.4 is 5.32 Å². The summed E-state index contributed by atoms with van der Waals surface area (Å²) >= 11 is 0. The molecule has 2 aromatic carbocycles. The zero-order valence-electron chi connectivity index (χ0n) is 15.7. The minimum atomic E-state index is -0.351. The fourth-order valence-corrected chi connectivity index (χ4v) is 4.16. The largest absolute Gasteiger partial charge is 0.364 e. The molecule has 0 spiro atoms. The number of amides is 1. The van der Waals surface area contributed by atoms with Crippen LogP contribution in [0.1, 0.15) is 35.2 Å². The van der Waals surface area contributed by atoms with E-state index < -0.39 is 0 Å². The zero-order valence-corrected chi connectivity index (χ0v) is 15.7. The van der Waals surface area contributed by atoms with Crippen LogP contribution in [-0.2, 0) is 29.7 Å². The number of nitrogens with zero attached hydrogens (tertiary/aromatic N) is 2. The normalized spacial score (nSPS) is 17.7. The van der Waals surface area contributed by atoms with E-state index >= 15 is 0 Å². The van der Waals surface area contributed by atoms with Gasteiger partial charge in [-0.05, 0) is 48.1 Å². The third-order valence-corrected chi connectivity index (χ3v) is 5.94. The molecule has 5 nitrogen and oxygen atoms in total.